The zero-order valence-electron chi connectivity index (χ0n) is 16.1. The average molecular weight is 408 g/mol. The fourth-order valence-corrected chi connectivity index (χ4v) is 4.09. The van der Waals surface area contributed by atoms with Crippen LogP contribution in [0, 0.1) is 6.92 Å². The zero-order chi connectivity index (χ0) is 20.8. The molecule has 0 radical (unpaired) electrons. The second-order valence-electron chi connectivity index (χ2n) is 7.91. The summed E-state index contributed by atoms with van der Waals surface area (Å²) in [6, 6.07) is 3.54. The summed E-state index contributed by atoms with van der Waals surface area (Å²) in [6.45, 7) is 4.23. The van der Waals surface area contributed by atoms with Crippen molar-refractivity contribution >= 4 is 5.82 Å². The SMILES string of the molecule is Cc1cc(C(F)(F)F)cc(O)c1-c1cc2c(nn1)N(CC1(N)CCOCC1)CC2. The van der Waals surface area contributed by atoms with Crippen molar-refractivity contribution in [2.45, 2.75) is 37.9 Å². The first-order valence-corrected chi connectivity index (χ1v) is 9.56. The maximum absolute atomic E-state index is 13.0. The van der Waals surface area contributed by atoms with Gasteiger partial charge in [0.25, 0.3) is 0 Å². The maximum atomic E-state index is 13.0. The van der Waals surface area contributed by atoms with Crippen LogP contribution in [0.1, 0.15) is 29.5 Å². The van der Waals surface area contributed by atoms with Crippen molar-refractivity contribution in [2.24, 2.45) is 5.73 Å². The number of halogens is 3. The van der Waals surface area contributed by atoms with Gasteiger partial charge in [-0.3, -0.25) is 0 Å². The van der Waals surface area contributed by atoms with Gasteiger partial charge in [0.05, 0.1) is 11.3 Å². The summed E-state index contributed by atoms with van der Waals surface area (Å²) >= 11 is 0. The number of phenols is 1. The monoisotopic (exact) mass is 408 g/mol. The third-order valence-electron chi connectivity index (χ3n) is 5.69. The Kier molecular flexibility index (Phi) is 4.90. The number of hydrogen-bond donors (Lipinski definition) is 2. The largest absolute Gasteiger partial charge is 0.507 e. The van der Waals surface area contributed by atoms with E-state index in [0.717, 1.165) is 49.3 Å². The molecule has 2 aromatic rings. The molecule has 1 aromatic carbocycles. The highest BCUT2D eigenvalue weighted by Crippen LogP contribution is 2.39. The number of alkyl halides is 3. The van der Waals surface area contributed by atoms with Crippen LogP contribution in [0.15, 0.2) is 18.2 Å². The fraction of sp³-hybridized carbons (Fsp3) is 0.500. The van der Waals surface area contributed by atoms with Gasteiger partial charge in [0.15, 0.2) is 5.82 Å². The molecule has 4 rings (SSSR count). The van der Waals surface area contributed by atoms with E-state index in [9.17, 15) is 18.3 Å². The molecule has 1 fully saturated rings. The molecule has 0 unspecified atom stereocenters. The van der Waals surface area contributed by atoms with Crippen LogP contribution in [-0.2, 0) is 17.3 Å². The maximum Gasteiger partial charge on any atom is 0.416 e. The number of anilines is 1. The van der Waals surface area contributed by atoms with Crippen LogP contribution >= 0.6 is 0 Å². The Bertz CT molecular complexity index is 903. The average Bonchev–Trinajstić information content (AvgIpc) is 3.02. The van der Waals surface area contributed by atoms with Gasteiger partial charge in [0.1, 0.15) is 5.75 Å². The van der Waals surface area contributed by atoms with E-state index in [1.807, 2.05) is 0 Å². The summed E-state index contributed by atoms with van der Waals surface area (Å²) in [5, 5.41) is 18.8. The lowest BCUT2D eigenvalue weighted by Crippen LogP contribution is -2.53. The van der Waals surface area contributed by atoms with Gasteiger partial charge >= 0.3 is 6.18 Å². The van der Waals surface area contributed by atoms with Crippen molar-refractivity contribution in [1.29, 1.82) is 0 Å². The number of fused-ring (bicyclic) bond motifs is 1. The summed E-state index contributed by atoms with van der Waals surface area (Å²) in [4.78, 5) is 2.11. The van der Waals surface area contributed by atoms with E-state index in [2.05, 4.69) is 15.1 Å². The Balaban J connectivity index is 1.61. The molecule has 2 aliphatic rings. The normalized spacial score (nSPS) is 18.7. The van der Waals surface area contributed by atoms with E-state index in [-0.39, 0.29) is 11.1 Å². The van der Waals surface area contributed by atoms with Crippen molar-refractivity contribution in [2.75, 3.05) is 31.2 Å². The Labute approximate surface area is 166 Å². The first-order chi connectivity index (χ1) is 13.7. The molecule has 0 amide bonds. The number of nitrogens with zero attached hydrogens (tertiary/aromatic N) is 3. The van der Waals surface area contributed by atoms with Crippen LogP contribution in [-0.4, -0.2) is 47.1 Å². The van der Waals surface area contributed by atoms with E-state index >= 15 is 0 Å². The van der Waals surface area contributed by atoms with E-state index in [1.54, 1.807) is 6.07 Å². The number of ether oxygens (including phenoxy) is 1. The summed E-state index contributed by atoms with van der Waals surface area (Å²) < 4.78 is 44.3. The molecule has 1 aromatic heterocycles. The van der Waals surface area contributed by atoms with Crippen molar-refractivity contribution in [1.82, 2.24) is 10.2 Å². The van der Waals surface area contributed by atoms with Gasteiger partial charge in [-0.1, -0.05) is 0 Å². The van der Waals surface area contributed by atoms with Crippen LogP contribution < -0.4 is 10.6 Å². The minimum Gasteiger partial charge on any atom is -0.507 e. The van der Waals surface area contributed by atoms with Gasteiger partial charge in [-0.25, -0.2) is 0 Å². The van der Waals surface area contributed by atoms with Crippen LogP contribution in [0.5, 0.6) is 5.75 Å². The quantitative estimate of drug-likeness (QED) is 0.812. The fourth-order valence-electron chi connectivity index (χ4n) is 4.09. The Morgan fingerprint density at radius 3 is 2.59 bits per heavy atom. The first-order valence-electron chi connectivity index (χ1n) is 9.56. The number of rotatable bonds is 3. The van der Waals surface area contributed by atoms with E-state index in [4.69, 9.17) is 10.5 Å². The van der Waals surface area contributed by atoms with Crippen LogP contribution in [0.3, 0.4) is 0 Å². The predicted molar refractivity (Wildman–Crippen MR) is 102 cm³/mol. The predicted octanol–water partition coefficient (Wildman–Crippen LogP) is 3.05. The highest BCUT2D eigenvalue weighted by molar-refractivity contribution is 5.73. The number of aromatic nitrogens is 2. The lowest BCUT2D eigenvalue weighted by Gasteiger charge is -2.37. The van der Waals surface area contributed by atoms with Gasteiger partial charge in [0.2, 0.25) is 0 Å². The Morgan fingerprint density at radius 1 is 1.21 bits per heavy atom. The van der Waals surface area contributed by atoms with E-state index < -0.39 is 17.5 Å². The highest BCUT2D eigenvalue weighted by Gasteiger charge is 2.34. The van der Waals surface area contributed by atoms with E-state index in [0.29, 0.717) is 31.0 Å². The van der Waals surface area contributed by atoms with Crippen molar-refractivity contribution in [3.05, 3.63) is 34.9 Å². The molecule has 3 N–H and O–H groups in total. The second-order valence-corrected chi connectivity index (χ2v) is 7.91. The second kappa shape index (κ2) is 7.14. The lowest BCUT2D eigenvalue weighted by molar-refractivity contribution is -0.137. The molecule has 2 aliphatic heterocycles. The molecule has 9 heteroatoms. The van der Waals surface area contributed by atoms with Gasteiger partial charge < -0.3 is 20.5 Å². The minimum atomic E-state index is -4.52. The Hall–Kier alpha value is -2.39. The van der Waals surface area contributed by atoms with Gasteiger partial charge in [-0.2, -0.15) is 13.2 Å². The standard InChI is InChI=1S/C20H23F3N4O2/c1-12-8-14(20(21,22)23)10-16(28)17(12)15-9-13-2-5-27(18(13)26-25-15)11-19(24)3-6-29-7-4-19/h8-10,28H,2-7,11,24H2,1H3. The summed E-state index contributed by atoms with van der Waals surface area (Å²) in [5.74, 6) is 0.290. The smallest absolute Gasteiger partial charge is 0.416 e. The van der Waals surface area contributed by atoms with Crippen molar-refractivity contribution in [3.63, 3.8) is 0 Å². The molecule has 1 saturated heterocycles. The van der Waals surface area contributed by atoms with Crippen LogP contribution in [0.2, 0.25) is 0 Å². The third kappa shape index (κ3) is 3.89. The number of benzene rings is 1. The summed E-state index contributed by atoms with van der Waals surface area (Å²) in [6.07, 6.45) is -2.22. The molecular weight excluding hydrogens is 385 g/mol. The Morgan fingerprint density at radius 2 is 1.93 bits per heavy atom. The van der Waals surface area contributed by atoms with Crippen molar-refractivity contribution in [3.8, 4) is 17.0 Å². The number of nitrogens with two attached hydrogens (primary N) is 1. The molecule has 0 spiro atoms. The molecule has 6 nitrogen and oxygen atoms in total. The molecule has 29 heavy (non-hydrogen) atoms. The third-order valence-corrected chi connectivity index (χ3v) is 5.69. The molecular formula is C20H23F3N4O2. The topological polar surface area (TPSA) is 84.5 Å². The van der Waals surface area contributed by atoms with Gasteiger partial charge in [-0.05, 0) is 49.9 Å². The van der Waals surface area contributed by atoms with Crippen molar-refractivity contribution < 1.29 is 23.0 Å². The minimum absolute atomic E-state index is 0.270. The van der Waals surface area contributed by atoms with Crippen LogP contribution in [0.25, 0.3) is 11.3 Å². The van der Waals surface area contributed by atoms with Gasteiger partial charge in [-0.15, -0.1) is 10.2 Å². The molecule has 0 atom stereocenters. The zero-order valence-corrected chi connectivity index (χ0v) is 16.1. The van der Waals surface area contributed by atoms with E-state index in [1.165, 1.54) is 6.92 Å². The number of aromatic hydroxyl groups is 1. The molecule has 156 valence electrons. The molecule has 3 heterocycles. The highest BCUT2D eigenvalue weighted by atomic mass is 19.4. The number of aryl methyl sites for hydroxylation is 1. The van der Waals surface area contributed by atoms with Crippen LogP contribution in [0.4, 0.5) is 19.0 Å². The molecule has 0 bridgehead atoms. The first kappa shape index (κ1) is 19.9. The molecule has 0 aliphatic carbocycles. The summed E-state index contributed by atoms with van der Waals surface area (Å²) in [7, 11) is 0. The lowest BCUT2D eigenvalue weighted by atomic mass is 9.91. The van der Waals surface area contributed by atoms with Gasteiger partial charge in [0, 0.05) is 43.0 Å². The number of phenolic OH excluding ortho intramolecular Hbond substituents is 1. The summed E-state index contributed by atoms with van der Waals surface area (Å²) in [5.41, 5.74) is 7.17. The molecule has 0 saturated carbocycles. The number of hydrogen-bond acceptors (Lipinski definition) is 6.